The summed E-state index contributed by atoms with van der Waals surface area (Å²) in [5, 5.41) is 3.69. The van der Waals surface area contributed by atoms with Crippen LogP contribution in [0.4, 0.5) is 0 Å². The van der Waals surface area contributed by atoms with E-state index in [0.717, 1.165) is 46.8 Å². The molecule has 3 rings (SSSR count). The number of hydrogen-bond acceptors (Lipinski definition) is 3. The largest absolute Gasteiger partial charge is 0.484 e. The molecule has 5 nitrogen and oxygen atoms in total. The molecule has 1 aliphatic carbocycles. The van der Waals surface area contributed by atoms with Gasteiger partial charge in [0.05, 0.1) is 0 Å². The molecule has 0 heterocycles. The lowest BCUT2D eigenvalue weighted by Crippen LogP contribution is -2.50. The minimum Gasteiger partial charge on any atom is -0.484 e. The summed E-state index contributed by atoms with van der Waals surface area (Å²) < 4.78 is 6.84. The normalized spacial score (nSPS) is 14.8. The van der Waals surface area contributed by atoms with Gasteiger partial charge in [0, 0.05) is 22.1 Å². The van der Waals surface area contributed by atoms with Gasteiger partial charge in [-0.25, -0.2) is 0 Å². The van der Waals surface area contributed by atoms with Crippen LogP contribution in [0, 0.1) is 13.8 Å². The van der Waals surface area contributed by atoms with Gasteiger partial charge < -0.3 is 15.0 Å². The number of aryl methyl sites for hydroxylation is 2. The molecule has 0 spiro atoms. The highest BCUT2D eigenvalue weighted by Gasteiger charge is 2.28. The van der Waals surface area contributed by atoms with E-state index in [4.69, 9.17) is 16.3 Å². The fourth-order valence-electron chi connectivity index (χ4n) is 4.02. The maximum Gasteiger partial charge on any atom is 0.261 e. The molecular weight excluding hydrogens is 492 g/mol. The van der Waals surface area contributed by atoms with Crippen LogP contribution >= 0.6 is 27.5 Å². The second-order valence-electron chi connectivity index (χ2n) is 8.48. The first-order valence-corrected chi connectivity index (χ1v) is 12.2. The predicted molar refractivity (Wildman–Crippen MR) is 131 cm³/mol. The van der Waals surface area contributed by atoms with Crippen molar-refractivity contribution in [2.75, 3.05) is 6.61 Å². The van der Waals surface area contributed by atoms with Gasteiger partial charge in [0.25, 0.3) is 5.91 Å². The first-order chi connectivity index (χ1) is 15.2. The zero-order chi connectivity index (χ0) is 23.3. The van der Waals surface area contributed by atoms with E-state index in [2.05, 4.69) is 21.2 Å². The Morgan fingerprint density at radius 2 is 1.84 bits per heavy atom. The van der Waals surface area contributed by atoms with E-state index in [-0.39, 0.29) is 31.0 Å². The van der Waals surface area contributed by atoms with Crippen LogP contribution in [0.1, 0.15) is 49.3 Å². The van der Waals surface area contributed by atoms with E-state index >= 15 is 0 Å². The lowest BCUT2D eigenvalue weighted by molar-refractivity contribution is -0.142. The summed E-state index contributed by atoms with van der Waals surface area (Å²) in [6.45, 7) is 5.85. The summed E-state index contributed by atoms with van der Waals surface area (Å²) in [6, 6.07) is 10.7. The zero-order valence-electron chi connectivity index (χ0n) is 18.8. The zero-order valence-corrected chi connectivity index (χ0v) is 21.1. The molecule has 0 aromatic heterocycles. The Hall–Kier alpha value is -2.05. The van der Waals surface area contributed by atoms with Crippen molar-refractivity contribution in [3.63, 3.8) is 0 Å². The standard InChI is InChI=1S/C25H30BrClN2O3/c1-16-11-22(12-17(2)24(16)26)32-15-23(30)29(14-19-7-6-8-20(27)13-19)18(3)25(31)28-21-9-4-5-10-21/h6-8,11-13,18,21H,4-5,9-10,14-15H2,1-3H3,(H,28,31)/t18-/m1/s1. The van der Waals surface area contributed by atoms with Crippen LogP contribution in [0.3, 0.4) is 0 Å². The topological polar surface area (TPSA) is 58.6 Å². The predicted octanol–water partition coefficient (Wildman–Crippen LogP) is 5.57. The molecule has 0 unspecified atom stereocenters. The lowest BCUT2D eigenvalue weighted by atomic mass is 10.1. The van der Waals surface area contributed by atoms with Crippen molar-refractivity contribution in [3.8, 4) is 5.75 Å². The highest BCUT2D eigenvalue weighted by molar-refractivity contribution is 9.10. The Balaban J connectivity index is 1.74. The smallest absolute Gasteiger partial charge is 0.261 e. The van der Waals surface area contributed by atoms with Crippen molar-refractivity contribution in [1.29, 1.82) is 0 Å². The van der Waals surface area contributed by atoms with E-state index in [1.165, 1.54) is 0 Å². The van der Waals surface area contributed by atoms with Crippen molar-refractivity contribution in [2.24, 2.45) is 0 Å². The van der Waals surface area contributed by atoms with Gasteiger partial charge in [-0.15, -0.1) is 0 Å². The molecule has 1 N–H and O–H groups in total. The number of carbonyl (C=O) groups excluding carboxylic acids is 2. The molecule has 2 aromatic rings. The monoisotopic (exact) mass is 520 g/mol. The highest BCUT2D eigenvalue weighted by Crippen LogP contribution is 2.26. The Morgan fingerprint density at radius 3 is 2.47 bits per heavy atom. The molecule has 1 saturated carbocycles. The minimum atomic E-state index is -0.626. The van der Waals surface area contributed by atoms with E-state index in [0.29, 0.717) is 10.8 Å². The summed E-state index contributed by atoms with van der Waals surface area (Å²) in [5.74, 6) is 0.238. The fraction of sp³-hybridized carbons (Fsp3) is 0.440. The number of hydrogen-bond donors (Lipinski definition) is 1. The summed E-state index contributed by atoms with van der Waals surface area (Å²) in [5.41, 5.74) is 2.93. The van der Waals surface area contributed by atoms with Crippen LogP contribution in [-0.2, 0) is 16.1 Å². The van der Waals surface area contributed by atoms with E-state index in [9.17, 15) is 9.59 Å². The Morgan fingerprint density at radius 1 is 1.19 bits per heavy atom. The molecule has 7 heteroatoms. The van der Waals surface area contributed by atoms with Gasteiger partial charge in [0.15, 0.2) is 6.61 Å². The van der Waals surface area contributed by atoms with E-state index in [1.54, 1.807) is 17.9 Å². The third kappa shape index (κ3) is 6.48. The lowest BCUT2D eigenvalue weighted by Gasteiger charge is -2.29. The third-order valence-electron chi connectivity index (χ3n) is 5.88. The van der Waals surface area contributed by atoms with Crippen LogP contribution in [0.15, 0.2) is 40.9 Å². The van der Waals surface area contributed by atoms with Gasteiger partial charge in [0.2, 0.25) is 5.91 Å². The number of nitrogens with zero attached hydrogens (tertiary/aromatic N) is 1. The van der Waals surface area contributed by atoms with Crippen molar-refractivity contribution in [2.45, 2.75) is 65.1 Å². The molecule has 1 fully saturated rings. The van der Waals surface area contributed by atoms with E-state index < -0.39 is 6.04 Å². The van der Waals surface area contributed by atoms with Crippen LogP contribution < -0.4 is 10.1 Å². The molecular formula is C25H30BrClN2O3. The third-order valence-corrected chi connectivity index (χ3v) is 7.37. The second-order valence-corrected chi connectivity index (χ2v) is 9.71. The summed E-state index contributed by atoms with van der Waals surface area (Å²) in [7, 11) is 0. The number of carbonyl (C=O) groups is 2. The summed E-state index contributed by atoms with van der Waals surface area (Å²) in [4.78, 5) is 27.7. The average molecular weight is 522 g/mol. The highest BCUT2D eigenvalue weighted by atomic mass is 79.9. The van der Waals surface area contributed by atoms with Crippen molar-refractivity contribution in [3.05, 3.63) is 62.6 Å². The van der Waals surface area contributed by atoms with Gasteiger partial charge in [-0.3, -0.25) is 9.59 Å². The van der Waals surface area contributed by atoms with Crippen molar-refractivity contribution >= 4 is 39.3 Å². The first-order valence-electron chi connectivity index (χ1n) is 11.0. The molecule has 0 radical (unpaired) electrons. The molecule has 172 valence electrons. The van der Waals surface area contributed by atoms with E-state index in [1.807, 2.05) is 44.2 Å². The van der Waals surface area contributed by atoms with Crippen molar-refractivity contribution in [1.82, 2.24) is 10.2 Å². The quantitative estimate of drug-likeness (QED) is 0.494. The van der Waals surface area contributed by atoms with Gasteiger partial charge >= 0.3 is 0 Å². The molecule has 32 heavy (non-hydrogen) atoms. The fourth-order valence-corrected chi connectivity index (χ4v) is 4.47. The number of nitrogens with one attached hydrogen (secondary N) is 1. The molecule has 0 saturated heterocycles. The number of amides is 2. The molecule has 0 aliphatic heterocycles. The minimum absolute atomic E-state index is 0.136. The Labute approximate surface area is 203 Å². The number of benzene rings is 2. The van der Waals surface area contributed by atoms with Crippen LogP contribution in [-0.4, -0.2) is 35.4 Å². The first kappa shape index (κ1) is 24.6. The van der Waals surface area contributed by atoms with Gasteiger partial charge in [-0.2, -0.15) is 0 Å². The molecule has 2 amide bonds. The molecule has 2 aromatic carbocycles. The number of rotatable bonds is 8. The van der Waals surface area contributed by atoms with Gasteiger partial charge in [-0.05, 0) is 74.6 Å². The average Bonchev–Trinajstić information content (AvgIpc) is 3.26. The Kier molecular flexibility index (Phi) is 8.60. The summed E-state index contributed by atoms with van der Waals surface area (Å²) >= 11 is 9.68. The number of ether oxygens (including phenoxy) is 1. The Bertz CT molecular complexity index is 952. The SMILES string of the molecule is Cc1cc(OCC(=O)N(Cc2cccc(Cl)c2)[C@H](C)C(=O)NC2CCCC2)cc(C)c1Br. The van der Waals surface area contributed by atoms with Gasteiger partial charge in [0.1, 0.15) is 11.8 Å². The number of halogens is 2. The van der Waals surface area contributed by atoms with Crippen LogP contribution in [0.2, 0.25) is 5.02 Å². The second kappa shape index (κ2) is 11.2. The molecule has 1 atom stereocenters. The van der Waals surface area contributed by atoms with Crippen LogP contribution in [0.5, 0.6) is 5.75 Å². The van der Waals surface area contributed by atoms with Crippen molar-refractivity contribution < 1.29 is 14.3 Å². The molecule has 1 aliphatic rings. The molecule has 0 bridgehead atoms. The summed E-state index contributed by atoms with van der Waals surface area (Å²) in [6.07, 6.45) is 4.24. The maximum absolute atomic E-state index is 13.2. The van der Waals surface area contributed by atoms with Crippen LogP contribution in [0.25, 0.3) is 0 Å². The maximum atomic E-state index is 13.2. The van der Waals surface area contributed by atoms with Gasteiger partial charge in [-0.1, -0.05) is 52.5 Å².